The lowest BCUT2D eigenvalue weighted by Gasteiger charge is -2.27. The lowest BCUT2D eigenvalue weighted by Crippen LogP contribution is -2.38. The molecule has 0 atom stereocenters. The number of pyridine rings is 1. The lowest BCUT2D eigenvalue weighted by molar-refractivity contribution is -0.151. The van der Waals surface area contributed by atoms with Gasteiger partial charge in [0.2, 0.25) is 0 Å². The molecule has 0 aromatic carbocycles. The van der Waals surface area contributed by atoms with E-state index in [2.05, 4.69) is 4.98 Å². The lowest BCUT2D eigenvalue weighted by atomic mass is 10.2. The van der Waals surface area contributed by atoms with Crippen molar-refractivity contribution in [1.29, 1.82) is 0 Å². The molecule has 0 saturated heterocycles. The summed E-state index contributed by atoms with van der Waals surface area (Å²) in [7, 11) is 0. The van der Waals surface area contributed by atoms with E-state index in [0.29, 0.717) is 5.69 Å². The SMILES string of the molecule is CC(C)N(Cc1cccc(C(=O)NN)n1)CC(F)(F)F. The summed E-state index contributed by atoms with van der Waals surface area (Å²) in [6.45, 7) is 2.31. The maximum atomic E-state index is 12.5. The molecule has 0 spiro atoms. The minimum absolute atomic E-state index is 0.00285. The van der Waals surface area contributed by atoms with E-state index in [1.54, 1.807) is 26.0 Å². The average molecular weight is 290 g/mol. The second-order valence-electron chi connectivity index (χ2n) is 4.60. The average Bonchev–Trinajstić information content (AvgIpc) is 2.35. The molecule has 1 aromatic heterocycles. The molecule has 112 valence electrons. The highest BCUT2D eigenvalue weighted by molar-refractivity contribution is 5.91. The minimum atomic E-state index is -4.28. The second kappa shape index (κ2) is 6.67. The van der Waals surface area contributed by atoms with Gasteiger partial charge in [0.05, 0.1) is 12.2 Å². The number of aromatic nitrogens is 1. The van der Waals surface area contributed by atoms with Crippen LogP contribution in [0.2, 0.25) is 0 Å². The summed E-state index contributed by atoms with van der Waals surface area (Å²) in [5.41, 5.74) is 2.38. The molecule has 3 N–H and O–H groups in total. The number of rotatable bonds is 5. The molecule has 0 radical (unpaired) electrons. The maximum absolute atomic E-state index is 12.5. The molecular weight excluding hydrogens is 273 g/mol. The number of nitrogen functional groups attached to an aromatic ring is 1. The number of nitrogens with one attached hydrogen (secondary N) is 1. The van der Waals surface area contributed by atoms with Gasteiger partial charge in [-0.1, -0.05) is 6.07 Å². The Balaban J connectivity index is 2.86. The number of hydrogen-bond donors (Lipinski definition) is 2. The summed E-state index contributed by atoms with van der Waals surface area (Å²) in [6.07, 6.45) is -4.28. The van der Waals surface area contributed by atoms with Gasteiger partial charge in [0, 0.05) is 12.6 Å². The van der Waals surface area contributed by atoms with Gasteiger partial charge in [-0.2, -0.15) is 13.2 Å². The van der Waals surface area contributed by atoms with Crippen LogP contribution in [0.1, 0.15) is 30.0 Å². The quantitative estimate of drug-likeness (QED) is 0.489. The van der Waals surface area contributed by atoms with Crippen LogP contribution in [0.3, 0.4) is 0 Å². The van der Waals surface area contributed by atoms with E-state index in [1.165, 1.54) is 11.0 Å². The Bertz CT molecular complexity index is 462. The van der Waals surface area contributed by atoms with Gasteiger partial charge in [-0.25, -0.2) is 10.8 Å². The number of nitrogens with zero attached hydrogens (tertiary/aromatic N) is 2. The summed E-state index contributed by atoms with van der Waals surface area (Å²) in [5, 5.41) is 0. The molecule has 20 heavy (non-hydrogen) atoms. The molecule has 0 aliphatic rings. The number of halogens is 3. The Morgan fingerprint density at radius 2 is 2.10 bits per heavy atom. The van der Waals surface area contributed by atoms with Crippen molar-refractivity contribution in [3.63, 3.8) is 0 Å². The molecule has 0 fully saturated rings. The van der Waals surface area contributed by atoms with Crippen LogP contribution >= 0.6 is 0 Å². The van der Waals surface area contributed by atoms with Crippen molar-refractivity contribution in [2.75, 3.05) is 6.54 Å². The summed E-state index contributed by atoms with van der Waals surface area (Å²) in [5.74, 6) is 4.40. The number of carbonyl (C=O) groups is 1. The number of nitrogens with two attached hydrogens (primary N) is 1. The van der Waals surface area contributed by atoms with Gasteiger partial charge in [0.1, 0.15) is 5.69 Å². The molecule has 1 aromatic rings. The van der Waals surface area contributed by atoms with Gasteiger partial charge in [0.15, 0.2) is 0 Å². The first-order valence-electron chi connectivity index (χ1n) is 6.00. The zero-order valence-corrected chi connectivity index (χ0v) is 11.2. The van der Waals surface area contributed by atoms with Crippen LogP contribution in [0.5, 0.6) is 0 Å². The standard InChI is InChI=1S/C12H17F3N4O/c1-8(2)19(7-12(13,14)15)6-9-4-3-5-10(17-9)11(20)18-16/h3-5,8H,6-7,16H2,1-2H3,(H,18,20). The van der Waals surface area contributed by atoms with Crippen molar-refractivity contribution in [3.05, 3.63) is 29.6 Å². The zero-order valence-electron chi connectivity index (χ0n) is 11.2. The van der Waals surface area contributed by atoms with Gasteiger partial charge in [0.25, 0.3) is 5.91 Å². The van der Waals surface area contributed by atoms with E-state index in [0.717, 1.165) is 0 Å². The molecule has 1 rings (SSSR count). The van der Waals surface area contributed by atoms with Crippen LogP contribution in [0.15, 0.2) is 18.2 Å². The molecule has 1 heterocycles. The number of hydrogen-bond acceptors (Lipinski definition) is 4. The third kappa shape index (κ3) is 5.14. The fourth-order valence-corrected chi connectivity index (χ4v) is 1.63. The Kier molecular flexibility index (Phi) is 5.46. The molecule has 0 saturated carbocycles. The molecule has 8 heteroatoms. The first-order chi connectivity index (χ1) is 9.23. The van der Waals surface area contributed by atoms with Crippen molar-refractivity contribution in [1.82, 2.24) is 15.3 Å². The van der Waals surface area contributed by atoms with Gasteiger partial charge >= 0.3 is 6.18 Å². The Morgan fingerprint density at radius 3 is 2.60 bits per heavy atom. The second-order valence-corrected chi connectivity index (χ2v) is 4.60. The third-order valence-corrected chi connectivity index (χ3v) is 2.65. The molecule has 5 nitrogen and oxygen atoms in total. The predicted molar refractivity (Wildman–Crippen MR) is 67.5 cm³/mol. The van der Waals surface area contributed by atoms with Gasteiger partial charge in [-0.05, 0) is 26.0 Å². The zero-order chi connectivity index (χ0) is 15.3. The Hall–Kier alpha value is -1.67. The van der Waals surface area contributed by atoms with E-state index in [9.17, 15) is 18.0 Å². The summed E-state index contributed by atoms with van der Waals surface area (Å²) in [6, 6.07) is 4.26. The van der Waals surface area contributed by atoms with E-state index in [-0.39, 0.29) is 18.3 Å². The van der Waals surface area contributed by atoms with Crippen LogP contribution in [-0.2, 0) is 6.54 Å². The molecule has 0 aliphatic carbocycles. The largest absolute Gasteiger partial charge is 0.401 e. The van der Waals surface area contributed by atoms with E-state index < -0.39 is 18.6 Å². The van der Waals surface area contributed by atoms with E-state index in [1.807, 2.05) is 5.43 Å². The topological polar surface area (TPSA) is 71.2 Å². The van der Waals surface area contributed by atoms with Gasteiger partial charge in [-0.3, -0.25) is 15.1 Å². The summed E-state index contributed by atoms with van der Waals surface area (Å²) < 4.78 is 37.5. The fourth-order valence-electron chi connectivity index (χ4n) is 1.63. The van der Waals surface area contributed by atoms with Crippen molar-refractivity contribution in [2.24, 2.45) is 5.84 Å². The van der Waals surface area contributed by atoms with Crippen LogP contribution in [0, 0.1) is 0 Å². The molecule has 1 amide bonds. The molecule has 0 unspecified atom stereocenters. The summed E-state index contributed by atoms with van der Waals surface area (Å²) in [4.78, 5) is 16.5. The van der Waals surface area contributed by atoms with Crippen LogP contribution < -0.4 is 11.3 Å². The summed E-state index contributed by atoms with van der Waals surface area (Å²) >= 11 is 0. The number of alkyl halides is 3. The van der Waals surface area contributed by atoms with Crippen LogP contribution in [0.4, 0.5) is 13.2 Å². The minimum Gasteiger partial charge on any atom is -0.289 e. The van der Waals surface area contributed by atoms with Crippen molar-refractivity contribution in [2.45, 2.75) is 32.6 Å². The smallest absolute Gasteiger partial charge is 0.289 e. The molecule has 0 bridgehead atoms. The Morgan fingerprint density at radius 1 is 1.45 bits per heavy atom. The van der Waals surface area contributed by atoms with Gasteiger partial charge in [-0.15, -0.1) is 0 Å². The van der Waals surface area contributed by atoms with Crippen LogP contribution in [0.25, 0.3) is 0 Å². The van der Waals surface area contributed by atoms with Gasteiger partial charge < -0.3 is 0 Å². The highest BCUT2D eigenvalue weighted by Gasteiger charge is 2.31. The van der Waals surface area contributed by atoms with Crippen LogP contribution in [-0.4, -0.2) is 34.6 Å². The molecular formula is C12H17F3N4O. The highest BCUT2D eigenvalue weighted by Crippen LogP contribution is 2.19. The maximum Gasteiger partial charge on any atom is 0.401 e. The van der Waals surface area contributed by atoms with E-state index in [4.69, 9.17) is 5.84 Å². The highest BCUT2D eigenvalue weighted by atomic mass is 19.4. The number of carbonyl (C=O) groups excluding carboxylic acids is 1. The monoisotopic (exact) mass is 290 g/mol. The van der Waals surface area contributed by atoms with Crippen molar-refractivity contribution < 1.29 is 18.0 Å². The van der Waals surface area contributed by atoms with Crippen molar-refractivity contribution in [3.8, 4) is 0 Å². The molecule has 0 aliphatic heterocycles. The predicted octanol–water partition coefficient (Wildman–Crippen LogP) is 1.46. The van der Waals surface area contributed by atoms with E-state index >= 15 is 0 Å². The fraction of sp³-hybridized carbons (Fsp3) is 0.500. The number of hydrazine groups is 1. The normalized spacial score (nSPS) is 12.0. The third-order valence-electron chi connectivity index (χ3n) is 2.65. The first kappa shape index (κ1) is 16.4. The van der Waals surface area contributed by atoms with Crippen molar-refractivity contribution >= 4 is 5.91 Å². The Labute approximate surface area is 114 Å². The number of amides is 1. The first-order valence-corrected chi connectivity index (χ1v) is 6.00.